The minimum Gasteiger partial charge on any atom is -0.478 e. The summed E-state index contributed by atoms with van der Waals surface area (Å²) in [6.07, 6.45) is 4.81. The SMILES string of the molecule is Cc1oc(CN2C(=O)C3C=CC2C3)cc1C(=O)O. The van der Waals surface area contributed by atoms with Crippen molar-refractivity contribution in [1.29, 1.82) is 0 Å². The van der Waals surface area contributed by atoms with E-state index in [1.165, 1.54) is 6.07 Å². The first kappa shape index (κ1) is 11.1. The van der Waals surface area contributed by atoms with Crippen molar-refractivity contribution in [3.63, 3.8) is 0 Å². The Morgan fingerprint density at radius 3 is 2.89 bits per heavy atom. The van der Waals surface area contributed by atoms with Gasteiger partial charge in [-0.3, -0.25) is 4.79 Å². The molecule has 1 saturated heterocycles. The van der Waals surface area contributed by atoms with Crippen molar-refractivity contribution < 1.29 is 19.1 Å². The Balaban J connectivity index is 1.81. The van der Waals surface area contributed by atoms with E-state index in [1.807, 2.05) is 12.2 Å². The molecule has 0 radical (unpaired) electrons. The van der Waals surface area contributed by atoms with Gasteiger partial charge in [-0.25, -0.2) is 4.79 Å². The molecule has 0 aromatic carbocycles. The van der Waals surface area contributed by atoms with Gasteiger partial charge in [-0.2, -0.15) is 0 Å². The van der Waals surface area contributed by atoms with Gasteiger partial charge in [0, 0.05) is 0 Å². The first-order chi connectivity index (χ1) is 8.56. The number of carbonyl (C=O) groups is 2. The van der Waals surface area contributed by atoms with Gasteiger partial charge in [0.15, 0.2) is 0 Å². The first-order valence-corrected chi connectivity index (χ1v) is 5.87. The number of fused-ring (bicyclic) bond motifs is 2. The number of furan rings is 1. The second-order valence-electron chi connectivity index (χ2n) is 4.75. The van der Waals surface area contributed by atoms with Crippen LogP contribution in [0.25, 0.3) is 0 Å². The van der Waals surface area contributed by atoms with E-state index < -0.39 is 5.97 Å². The number of nitrogens with zero attached hydrogens (tertiary/aromatic N) is 1. The second-order valence-corrected chi connectivity index (χ2v) is 4.75. The molecule has 5 nitrogen and oxygen atoms in total. The Morgan fingerprint density at radius 2 is 2.33 bits per heavy atom. The Bertz CT molecular complexity index is 557. The van der Waals surface area contributed by atoms with Crippen LogP contribution in [-0.4, -0.2) is 27.9 Å². The predicted molar refractivity (Wildman–Crippen MR) is 62.0 cm³/mol. The quantitative estimate of drug-likeness (QED) is 0.823. The average Bonchev–Trinajstić information content (AvgIpc) is 2.96. The maximum absolute atomic E-state index is 11.9. The summed E-state index contributed by atoms with van der Waals surface area (Å²) in [7, 11) is 0. The largest absolute Gasteiger partial charge is 0.478 e. The van der Waals surface area contributed by atoms with Gasteiger partial charge in [0.2, 0.25) is 5.91 Å². The van der Waals surface area contributed by atoms with Crippen LogP contribution in [0.1, 0.15) is 28.3 Å². The Morgan fingerprint density at radius 1 is 1.56 bits per heavy atom. The summed E-state index contributed by atoms with van der Waals surface area (Å²) in [5.41, 5.74) is 0.164. The Labute approximate surface area is 104 Å². The lowest BCUT2D eigenvalue weighted by molar-refractivity contribution is -0.131. The van der Waals surface area contributed by atoms with Gasteiger partial charge < -0.3 is 14.4 Å². The summed E-state index contributed by atoms with van der Waals surface area (Å²) >= 11 is 0. The van der Waals surface area contributed by atoms with Gasteiger partial charge >= 0.3 is 5.97 Å². The molecule has 2 heterocycles. The second kappa shape index (κ2) is 3.73. The third-order valence-corrected chi connectivity index (χ3v) is 3.59. The van der Waals surface area contributed by atoms with E-state index in [4.69, 9.17) is 9.52 Å². The molecular weight excluding hydrogens is 234 g/mol. The predicted octanol–water partition coefficient (Wildman–Crippen LogP) is 1.57. The third-order valence-electron chi connectivity index (χ3n) is 3.59. The molecule has 1 aromatic rings. The van der Waals surface area contributed by atoms with Crippen molar-refractivity contribution in [1.82, 2.24) is 4.90 Å². The number of aromatic carboxylic acids is 1. The standard InChI is InChI=1S/C13H13NO4/c1-7-11(13(16)17)5-10(18-7)6-14-9-3-2-8(4-9)12(14)15/h2-3,5,8-9H,4,6H2,1H3,(H,16,17). The zero-order chi connectivity index (χ0) is 12.9. The van der Waals surface area contributed by atoms with Crippen LogP contribution in [0, 0.1) is 12.8 Å². The number of carboxylic acid groups (broad SMARTS) is 1. The minimum absolute atomic E-state index is 0.00463. The van der Waals surface area contributed by atoms with E-state index in [0.29, 0.717) is 18.1 Å². The van der Waals surface area contributed by atoms with Crippen molar-refractivity contribution in [3.05, 3.63) is 35.3 Å². The fourth-order valence-electron chi connectivity index (χ4n) is 2.67. The van der Waals surface area contributed by atoms with Crippen LogP contribution in [0.2, 0.25) is 0 Å². The lowest BCUT2D eigenvalue weighted by Gasteiger charge is -2.22. The molecule has 0 saturated carbocycles. The van der Waals surface area contributed by atoms with Crippen LogP contribution in [0.4, 0.5) is 0 Å². The molecule has 1 amide bonds. The average molecular weight is 247 g/mol. The van der Waals surface area contributed by atoms with Gasteiger partial charge in [0.25, 0.3) is 0 Å². The number of carbonyl (C=O) groups excluding carboxylic acids is 1. The number of hydrogen-bond acceptors (Lipinski definition) is 3. The molecule has 94 valence electrons. The molecule has 1 aromatic heterocycles. The van der Waals surface area contributed by atoms with Crippen LogP contribution < -0.4 is 0 Å². The molecule has 2 unspecified atom stereocenters. The summed E-state index contributed by atoms with van der Waals surface area (Å²) in [5.74, 6) is 0.0131. The molecule has 18 heavy (non-hydrogen) atoms. The summed E-state index contributed by atoms with van der Waals surface area (Å²) in [6.45, 7) is 1.96. The summed E-state index contributed by atoms with van der Waals surface area (Å²) < 4.78 is 5.40. The van der Waals surface area contributed by atoms with E-state index in [9.17, 15) is 9.59 Å². The van der Waals surface area contributed by atoms with Gasteiger partial charge in [0.1, 0.15) is 17.1 Å². The van der Waals surface area contributed by atoms with Gasteiger partial charge in [0.05, 0.1) is 18.5 Å². The third kappa shape index (κ3) is 1.54. The van der Waals surface area contributed by atoms with Crippen molar-refractivity contribution in [2.75, 3.05) is 0 Å². The van der Waals surface area contributed by atoms with Crippen LogP contribution in [0.5, 0.6) is 0 Å². The minimum atomic E-state index is -1.00. The number of hydrogen-bond donors (Lipinski definition) is 1. The highest BCUT2D eigenvalue weighted by Crippen LogP contribution is 2.34. The van der Waals surface area contributed by atoms with Crippen molar-refractivity contribution >= 4 is 11.9 Å². The molecule has 3 rings (SSSR count). The number of aryl methyl sites for hydroxylation is 1. The lowest BCUT2D eigenvalue weighted by atomic mass is 10.1. The van der Waals surface area contributed by atoms with Crippen molar-refractivity contribution in [2.24, 2.45) is 5.92 Å². The number of likely N-dealkylation sites (tertiary alicyclic amines) is 1. The zero-order valence-electron chi connectivity index (χ0n) is 9.92. The monoisotopic (exact) mass is 247 g/mol. The molecule has 2 atom stereocenters. The number of rotatable bonds is 3. The molecule has 2 bridgehead atoms. The highest BCUT2D eigenvalue weighted by atomic mass is 16.4. The first-order valence-electron chi connectivity index (χ1n) is 5.87. The number of carboxylic acids is 1. The summed E-state index contributed by atoms with van der Waals surface area (Å²) in [4.78, 5) is 24.6. The van der Waals surface area contributed by atoms with Crippen LogP contribution >= 0.6 is 0 Å². The lowest BCUT2D eigenvalue weighted by Crippen LogP contribution is -2.33. The smallest absolute Gasteiger partial charge is 0.339 e. The molecule has 1 aliphatic carbocycles. The van der Waals surface area contributed by atoms with Crippen LogP contribution in [0.3, 0.4) is 0 Å². The zero-order valence-corrected chi connectivity index (χ0v) is 9.92. The summed E-state index contributed by atoms with van der Waals surface area (Å²) in [5, 5.41) is 8.95. The normalized spacial score (nSPS) is 25.2. The Hall–Kier alpha value is -2.04. The van der Waals surface area contributed by atoms with E-state index in [0.717, 1.165) is 6.42 Å². The van der Waals surface area contributed by atoms with E-state index >= 15 is 0 Å². The van der Waals surface area contributed by atoms with E-state index in [1.54, 1.807) is 11.8 Å². The fourth-order valence-corrected chi connectivity index (χ4v) is 2.67. The number of amides is 1. The summed E-state index contributed by atoms with van der Waals surface area (Å²) in [6, 6.07) is 1.64. The molecule has 0 spiro atoms. The van der Waals surface area contributed by atoms with E-state index in [-0.39, 0.29) is 23.4 Å². The fraction of sp³-hybridized carbons (Fsp3) is 0.385. The highest BCUT2D eigenvalue weighted by Gasteiger charge is 2.41. The van der Waals surface area contributed by atoms with Gasteiger partial charge in [-0.05, 0) is 19.4 Å². The maximum Gasteiger partial charge on any atom is 0.339 e. The van der Waals surface area contributed by atoms with Gasteiger partial charge in [-0.15, -0.1) is 0 Å². The molecule has 1 N–H and O–H groups in total. The van der Waals surface area contributed by atoms with Crippen molar-refractivity contribution in [3.8, 4) is 0 Å². The molecule has 5 heteroatoms. The van der Waals surface area contributed by atoms with Crippen LogP contribution in [0.15, 0.2) is 22.6 Å². The molecule has 2 aliphatic rings. The Kier molecular flexibility index (Phi) is 2.29. The topological polar surface area (TPSA) is 70.8 Å². The van der Waals surface area contributed by atoms with Crippen molar-refractivity contribution in [2.45, 2.75) is 25.9 Å². The van der Waals surface area contributed by atoms with Crippen LogP contribution in [-0.2, 0) is 11.3 Å². The highest BCUT2D eigenvalue weighted by molar-refractivity contribution is 5.89. The van der Waals surface area contributed by atoms with E-state index in [2.05, 4.69) is 0 Å². The molecule has 1 aliphatic heterocycles. The maximum atomic E-state index is 11.9. The molecular formula is C13H13NO4. The van der Waals surface area contributed by atoms with Gasteiger partial charge in [-0.1, -0.05) is 12.2 Å². The molecule has 1 fully saturated rings.